The second kappa shape index (κ2) is 8.37. The molecule has 0 bridgehead atoms. The minimum absolute atomic E-state index is 0.0952. The zero-order chi connectivity index (χ0) is 24.2. The number of primary sulfonamides is 1. The topological polar surface area (TPSA) is 83.7 Å². The number of carbonyl (C=O) groups is 1. The van der Waals surface area contributed by atoms with Crippen LogP contribution < -0.4 is 14.9 Å². The maximum atomic E-state index is 14.3. The Morgan fingerprint density at radius 3 is 2.41 bits per heavy atom. The highest BCUT2D eigenvalue weighted by Gasteiger charge is 2.41. The largest absolute Gasteiger partial charge is 0.370 e. The summed E-state index contributed by atoms with van der Waals surface area (Å²) in [5.41, 5.74) is 4.02. The Kier molecular flexibility index (Phi) is 5.62. The number of nitrogens with two attached hydrogens (primary N) is 1. The number of nitrogens with zero attached hydrogens (tertiary/aromatic N) is 2. The fraction of sp³-hybridized carbons (Fsp3) is 0.240. The summed E-state index contributed by atoms with van der Waals surface area (Å²) < 4.78 is 37.8. The van der Waals surface area contributed by atoms with Crippen molar-refractivity contribution in [2.45, 2.75) is 24.3 Å². The Morgan fingerprint density at radius 1 is 1.09 bits per heavy atom. The monoisotopic (exact) mass is 499 g/mol. The van der Waals surface area contributed by atoms with Crippen LogP contribution in [0.5, 0.6) is 0 Å². The molecular formula is C25H23ClFN3O3S. The Bertz CT molecular complexity index is 1390. The van der Waals surface area contributed by atoms with Gasteiger partial charge in [0.15, 0.2) is 0 Å². The van der Waals surface area contributed by atoms with E-state index in [0.29, 0.717) is 35.8 Å². The fourth-order valence-electron chi connectivity index (χ4n) is 4.76. The molecule has 1 saturated heterocycles. The number of hydrogen-bond donors (Lipinski definition) is 1. The lowest BCUT2D eigenvalue weighted by Crippen LogP contribution is -2.55. The SMILES string of the molecule is CC1Cc2cc(F)c(S(N)(=O)=O)cc2N1C(=O)C1CN(c2ccc(-c3ccccc3Cl)cc2)C1. The van der Waals surface area contributed by atoms with Crippen LogP contribution in [-0.4, -0.2) is 33.5 Å². The van der Waals surface area contributed by atoms with Crippen LogP contribution in [0.25, 0.3) is 11.1 Å². The summed E-state index contributed by atoms with van der Waals surface area (Å²) in [6, 6.07) is 17.9. The van der Waals surface area contributed by atoms with E-state index in [1.807, 2.05) is 55.5 Å². The molecule has 1 amide bonds. The van der Waals surface area contributed by atoms with Crippen LogP contribution in [0.2, 0.25) is 5.02 Å². The predicted molar refractivity (Wildman–Crippen MR) is 131 cm³/mol. The number of anilines is 2. The molecule has 0 spiro atoms. The van der Waals surface area contributed by atoms with E-state index in [2.05, 4.69) is 4.90 Å². The molecule has 2 aliphatic rings. The van der Waals surface area contributed by atoms with Crippen molar-refractivity contribution in [3.05, 3.63) is 77.1 Å². The average Bonchev–Trinajstić information content (AvgIpc) is 3.06. The number of benzene rings is 3. The Hall–Kier alpha value is -2.94. The Labute approximate surface area is 202 Å². The summed E-state index contributed by atoms with van der Waals surface area (Å²) >= 11 is 6.29. The molecule has 0 aromatic heterocycles. The van der Waals surface area contributed by atoms with E-state index in [4.69, 9.17) is 16.7 Å². The molecule has 34 heavy (non-hydrogen) atoms. The van der Waals surface area contributed by atoms with Gasteiger partial charge in [0.1, 0.15) is 10.7 Å². The molecule has 5 rings (SSSR count). The fourth-order valence-corrected chi connectivity index (χ4v) is 5.61. The van der Waals surface area contributed by atoms with Gasteiger partial charge >= 0.3 is 0 Å². The number of hydrogen-bond acceptors (Lipinski definition) is 4. The first-order valence-electron chi connectivity index (χ1n) is 10.9. The number of fused-ring (bicyclic) bond motifs is 1. The molecule has 1 fully saturated rings. The van der Waals surface area contributed by atoms with Gasteiger partial charge in [0, 0.05) is 41.1 Å². The Balaban J connectivity index is 1.31. The molecule has 0 aliphatic carbocycles. The first-order chi connectivity index (χ1) is 16.1. The van der Waals surface area contributed by atoms with E-state index < -0.39 is 20.7 Å². The van der Waals surface area contributed by atoms with Gasteiger partial charge in [-0.2, -0.15) is 0 Å². The van der Waals surface area contributed by atoms with Gasteiger partial charge in [-0.3, -0.25) is 4.79 Å². The summed E-state index contributed by atoms with van der Waals surface area (Å²) in [5.74, 6) is -1.22. The van der Waals surface area contributed by atoms with Gasteiger partial charge in [-0.1, -0.05) is 41.9 Å². The Morgan fingerprint density at radius 2 is 1.76 bits per heavy atom. The molecule has 1 unspecified atom stereocenters. The van der Waals surface area contributed by atoms with E-state index >= 15 is 0 Å². The lowest BCUT2D eigenvalue weighted by atomic mass is 9.96. The van der Waals surface area contributed by atoms with Crippen molar-refractivity contribution in [2.75, 3.05) is 22.9 Å². The summed E-state index contributed by atoms with van der Waals surface area (Å²) in [5, 5.41) is 5.85. The summed E-state index contributed by atoms with van der Waals surface area (Å²) in [7, 11) is -4.23. The van der Waals surface area contributed by atoms with Crippen molar-refractivity contribution in [1.29, 1.82) is 0 Å². The summed E-state index contributed by atoms with van der Waals surface area (Å²) in [6.45, 7) is 2.97. The van der Waals surface area contributed by atoms with Crippen LogP contribution >= 0.6 is 11.6 Å². The van der Waals surface area contributed by atoms with E-state index in [1.165, 1.54) is 12.1 Å². The predicted octanol–water partition coefficient (Wildman–Crippen LogP) is 4.21. The van der Waals surface area contributed by atoms with Crippen LogP contribution in [0.1, 0.15) is 12.5 Å². The zero-order valence-electron chi connectivity index (χ0n) is 18.4. The van der Waals surface area contributed by atoms with Crippen LogP contribution in [0.4, 0.5) is 15.8 Å². The number of sulfonamides is 1. The third kappa shape index (κ3) is 3.96. The van der Waals surface area contributed by atoms with E-state index in [1.54, 1.807) is 4.90 Å². The van der Waals surface area contributed by atoms with Gasteiger partial charge in [0.2, 0.25) is 15.9 Å². The third-order valence-corrected chi connectivity index (χ3v) is 7.80. The molecule has 0 saturated carbocycles. The maximum Gasteiger partial charge on any atom is 0.241 e. The van der Waals surface area contributed by atoms with E-state index in [-0.39, 0.29) is 17.9 Å². The lowest BCUT2D eigenvalue weighted by Gasteiger charge is -2.42. The number of halogens is 2. The molecule has 9 heteroatoms. The van der Waals surface area contributed by atoms with Gasteiger partial charge in [-0.05, 0) is 54.8 Å². The quantitative estimate of drug-likeness (QED) is 0.583. The zero-order valence-corrected chi connectivity index (χ0v) is 20.0. The number of rotatable bonds is 4. The van der Waals surface area contributed by atoms with Crippen molar-refractivity contribution < 1.29 is 17.6 Å². The van der Waals surface area contributed by atoms with Gasteiger partial charge < -0.3 is 9.80 Å². The van der Waals surface area contributed by atoms with Crippen LogP contribution in [-0.2, 0) is 21.2 Å². The summed E-state index contributed by atoms with van der Waals surface area (Å²) in [4.78, 5) is 16.4. The number of amides is 1. The molecule has 2 aliphatic heterocycles. The first kappa shape index (κ1) is 22.8. The molecule has 2 heterocycles. The van der Waals surface area contributed by atoms with Crippen LogP contribution in [0.3, 0.4) is 0 Å². The highest BCUT2D eigenvalue weighted by atomic mass is 35.5. The normalized spacial score (nSPS) is 18.1. The molecule has 1 atom stereocenters. The van der Waals surface area contributed by atoms with Gasteiger partial charge in [0.05, 0.1) is 5.92 Å². The van der Waals surface area contributed by atoms with Crippen molar-refractivity contribution in [2.24, 2.45) is 11.1 Å². The van der Waals surface area contributed by atoms with Gasteiger partial charge in [-0.15, -0.1) is 0 Å². The molecule has 3 aromatic carbocycles. The molecule has 2 N–H and O–H groups in total. The van der Waals surface area contributed by atoms with Gasteiger partial charge in [0.25, 0.3) is 0 Å². The van der Waals surface area contributed by atoms with Crippen molar-refractivity contribution >= 4 is 38.9 Å². The first-order valence-corrected chi connectivity index (χ1v) is 12.8. The highest BCUT2D eigenvalue weighted by molar-refractivity contribution is 7.89. The highest BCUT2D eigenvalue weighted by Crippen LogP contribution is 2.38. The molecular weight excluding hydrogens is 477 g/mol. The molecule has 6 nitrogen and oxygen atoms in total. The molecule has 176 valence electrons. The number of carbonyl (C=O) groups excluding carboxylic acids is 1. The minimum atomic E-state index is -4.23. The van der Waals surface area contributed by atoms with E-state index in [0.717, 1.165) is 16.8 Å². The lowest BCUT2D eigenvalue weighted by molar-refractivity contribution is -0.123. The standard InChI is InChI=1S/C25H23ClFN3O3S/c1-15-10-17-11-22(27)24(34(28,32)33)12-23(17)30(15)25(31)18-13-29(14-18)19-8-6-16(7-9-19)20-4-2-3-5-21(20)26/h2-9,11-12,15,18H,10,13-14H2,1H3,(H2,28,32,33). The smallest absolute Gasteiger partial charge is 0.241 e. The summed E-state index contributed by atoms with van der Waals surface area (Å²) in [6.07, 6.45) is 0.461. The van der Waals surface area contributed by atoms with Crippen LogP contribution in [0, 0.1) is 11.7 Å². The minimum Gasteiger partial charge on any atom is -0.370 e. The molecule has 3 aromatic rings. The average molecular weight is 500 g/mol. The maximum absolute atomic E-state index is 14.3. The molecule has 0 radical (unpaired) electrons. The second-order valence-electron chi connectivity index (χ2n) is 8.85. The van der Waals surface area contributed by atoms with Crippen molar-refractivity contribution in [3.63, 3.8) is 0 Å². The van der Waals surface area contributed by atoms with Crippen molar-refractivity contribution in [1.82, 2.24) is 0 Å². The van der Waals surface area contributed by atoms with E-state index in [9.17, 15) is 17.6 Å². The second-order valence-corrected chi connectivity index (χ2v) is 10.8. The van der Waals surface area contributed by atoms with Crippen molar-refractivity contribution in [3.8, 4) is 11.1 Å². The van der Waals surface area contributed by atoms with Gasteiger partial charge in [-0.25, -0.2) is 17.9 Å². The van der Waals surface area contributed by atoms with Crippen LogP contribution in [0.15, 0.2) is 65.6 Å². The third-order valence-electron chi connectivity index (χ3n) is 6.54.